The Morgan fingerprint density at radius 1 is 0.950 bits per heavy atom. The zero-order valence-corrected chi connectivity index (χ0v) is 11.5. The first-order valence-corrected chi connectivity index (χ1v) is 6.69. The van der Waals surface area contributed by atoms with Crippen molar-refractivity contribution in [1.82, 2.24) is 4.98 Å². The smallest absolute Gasteiger partial charge is 0.0724 e. The fourth-order valence-electron chi connectivity index (χ4n) is 2.03. The number of hydrogen-bond donors (Lipinski definition) is 1. The van der Waals surface area contributed by atoms with Crippen LogP contribution in [0.1, 0.15) is 11.3 Å². The first-order chi connectivity index (χ1) is 9.72. The van der Waals surface area contributed by atoms with Crippen LogP contribution in [0.5, 0.6) is 0 Å². The number of hydrogen-bond acceptors (Lipinski definition) is 2. The molecule has 0 atom stereocenters. The fourth-order valence-corrected chi connectivity index (χ4v) is 2.30. The Balaban J connectivity index is 1.96. The van der Waals surface area contributed by atoms with Crippen LogP contribution in [0.4, 0.5) is 5.69 Å². The van der Waals surface area contributed by atoms with E-state index in [-0.39, 0.29) is 0 Å². The minimum absolute atomic E-state index is 0.715. The molecule has 2 N–H and O–H groups in total. The van der Waals surface area contributed by atoms with Gasteiger partial charge in [0.2, 0.25) is 0 Å². The van der Waals surface area contributed by atoms with Crippen LogP contribution >= 0.6 is 11.6 Å². The number of anilines is 1. The highest BCUT2D eigenvalue weighted by Crippen LogP contribution is 2.23. The summed E-state index contributed by atoms with van der Waals surface area (Å²) in [5.41, 5.74) is 9.23. The minimum Gasteiger partial charge on any atom is -0.399 e. The number of rotatable bonds is 2. The Bertz CT molecular complexity index is 777. The lowest BCUT2D eigenvalue weighted by molar-refractivity contribution is 1.37. The van der Waals surface area contributed by atoms with E-state index in [2.05, 4.69) is 4.98 Å². The Morgan fingerprint density at radius 3 is 2.50 bits per heavy atom. The van der Waals surface area contributed by atoms with Gasteiger partial charge < -0.3 is 5.73 Å². The summed E-state index contributed by atoms with van der Waals surface area (Å²) in [6.45, 7) is 0. The van der Waals surface area contributed by atoms with E-state index in [1.165, 1.54) is 0 Å². The molecular formula is C17H13ClN2. The van der Waals surface area contributed by atoms with Gasteiger partial charge in [-0.3, -0.25) is 0 Å². The van der Waals surface area contributed by atoms with E-state index < -0.39 is 0 Å². The molecule has 3 rings (SSSR count). The van der Waals surface area contributed by atoms with E-state index in [4.69, 9.17) is 17.3 Å². The van der Waals surface area contributed by atoms with E-state index in [9.17, 15) is 0 Å². The number of pyridine rings is 1. The average Bonchev–Trinajstić information content (AvgIpc) is 2.47. The van der Waals surface area contributed by atoms with Crippen molar-refractivity contribution in [2.45, 2.75) is 0 Å². The van der Waals surface area contributed by atoms with E-state index in [1.807, 2.05) is 66.7 Å². The average molecular weight is 281 g/mol. The quantitative estimate of drug-likeness (QED) is 0.695. The zero-order valence-electron chi connectivity index (χ0n) is 10.8. The highest BCUT2D eigenvalue weighted by Gasteiger charge is 2.01. The highest BCUT2D eigenvalue weighted by atomic mass is 35.5. The normalized spacial score (nSPS) is 11.2. The predicted molar refractivity (Wildman–Crippen MR) is 86.5 cm³/mol. The number of aromatic nitrogens is 1. The van der Waals surface area contributed by atoms with Crippen LogP contribution in [0.3, 0.4) is 0 Å². The van der Waals surface area contributed by atoms with Crippen molar-refractivity contribution in [3.63, 3.8) is 0 Å². The maximum Gasteiger partial charge on any atom is 0.0724 e. The van der Waals surface area contributed by atoms with Crippen LogP contribution < -0.4 is 5.73 Å². The molecule has 0 unspecified atom stereocenters. The molecule has 20 heavy (non-hydrogen) atoms. The first-order valence-electron chi connectivity index (χ1n) is 6.31. The van der Waals surface area contributed by atoms with E-state index >= 15 is 0 Å². The molecule has 0 fully saturated rings. The fraction of sp³-hybridized carbons (Fsp3) is 0. The number of halogens is 1. The second-order valence-corrected chi connectivity index (χ2v) is 4.95. The molecule has 0 aliphatic heterocycles. The predicted octanol–water partition coefficient (Wildman–Crippen LogP) is 4.64. The van der Waals surface area contributed by atoms with E-state index in [0.29, 0.717) is 5.02 Å². The Hall–Kier alpha value is -2.32. The second-order valence-electron chi connectivity index (χ2n) is 4.55. The monoisotopic (exact) mass is 280 g/mol. The van der Waals surface area contributed by atoms with Crippen molar-refractivity contribution in [3.8, 4) is 0 Å². The van der Waals surface area contributed by atoms with Gasteiger partial charge in [-0.15, -0.1) is 0 Å². The van der Waals surface area contributed by atoms with Gasteiger partial charge in [0.1, 0.15) is 0 Å². The SMILES string of the molecule is Nc1ccc(/C=C/c2cc(Cl)c3ccccc3n2)cc1. The number of benzene rings is 2. The van der Waals surface area contributed by atoms with Crippen LogP contribution in [0.25, 0.3) is 23.1 Å². The van der Waals surface area contributed by atoms with Gasteiger partial charge in [-0.25, -0.2) is 4.98 Å². The standard InChI is InChI=1S/C17H13ClN2/c18-16-11-14(20-17-4-2-1-3-15(16)17)10-7-12-5-8-13(19)9-6-12/h1-11H,19H2/b10-7+. The van der Waals surface area contributed by atoms with E-state index in [0.717, 1.165) is 27.8 Å². The van der Waals surface area contributed by atoms with Crippen LogP contribution in [-0.2, 0) is 0 Å². The molecule has 0 amide bonds. The summed E-state index contributed by atoms with van der Waals surface area (Å²) >= 11 is 6.27. The van der Waals surface area contributed by atoms with Crippen LogP contribution in [-0.4, -0.2) is 4.98 Å². The maximum atomic E-state index is 6.27. The van der Waals surface area contributed by atoms with Gasteiger partial charge in [0.25, 0.3) is 0 Å². The lowest BCUT2D eigenvalue weighted by Gasteiger charge is -2.02. The maximum absolute atomic E-state index is 6.27. The molecule has 0 aliphatic carbocycles. The summed E-state index contributed by atoms with van der Waals surface area (Å²) in [5.74, 6) is 0. The van der Waals surface area contributed by atoms with Crippen molar-refractivity contribution in [1.29, 1.82) is 0 Å². The molecule has 1 heterocycles. The third kappa shape index (κ3) is 2.65. The van der Waals surface area contributed by atoms with Crippen molar-refractivity contribution in [3.05, 3.63) is 70.9 Å². The molecule has 98 valence electrons. The summed E-state index contributed by atoms with van der Waals surface area (Å²) in [6.07, 6.45) is 3.94. The summed E-state index contributed by atoms with van der Waals surface area (Å²) in [6, 6.07) is 17.4. The number of nitrogens with two attached hydrogens (primary N) is 1. The van der Waals surface area contributed by atoms with Gasteiger partial charge >= 0.3 is 0 Å². The molecule has 0 saturated heterocycles. The highest BCUT2D eigenvalue weighted by molar-refractivity contribution is 6.35. The summed E-state index contributed by atoms with van der Waals surface area (Å²) in [4.78, 5) is 4.57. The lowest BCUT2D eigenvalue weighted by atomic mass is 10.1. The molecule has 0 saturated carbocycles. The lowest BCUT2D eigenvalue weighted by Crippen LogP contribution is -1.85. The topological polar surface area (TPSA) is 38.9 Å². The Morgan fingerprint density at radius 2 is 1.70 bits per heavy atom. The van der Waals surface area contributed by atoms with Crippen molar-refractivity contribution >= 4 is 40.3 Å². The number of nitrogens with zero attached hydrogens (tertiary/aromatic N) is 1. The molecule has 0 aliphatic rings. The van der Waals surface area contributed by atoms with Crippen molar-refractivity contribution in [2.24, 2.45) is 0 Å². The summed E-state index contributed by atoms with van der Waals surface area (Å²) in [7, 11) is 0. The number of fused-ring (bicyclic) bond motifs is 1. The van der Waals surface area contributed by atoms with E-state index in [1.54, 1.807) is 0 Å². The van der Waals surface area contributed by atoms with Crippen molar-refractivity contribution in [2.75, 3.05) is 5.73 Å². The Labute approximate surface area is 122 Å². The molecule has 2 nitrogen and oxygen atoms in total. The summed E-state index contributed by atoms with van der Waals surface area (Å²) < 4.78 is 0. The molecular weight excluding hydrogens is 268 g/mol. The molecule has 0 spiro atoms. The molecule has 1 aromatic heterocycles. The van der Waals surface area contributed by atoms with Gasteiger partial charge in [-0.05, 0) is 35.9 Å². The number of nitrogen functional groups attached to an aromatic ring is 1. The molecule has 3 aromatic rings. The van der Waals surface area contributed by atoms with Gasteiger partial charge in [-0.2, -0.15) is 0 Å². The second kappa shape index (κ2) is 5.35. The van der Waals surface area contributed by atoms with Gasteiger partial charge in [0.15, 0.2) is 0 Å². The third-order valence-electron chi connectivity index (χ3n) is 3.07. The van der Waals surface area contributed by atoms with Crippen molar-refractivity contribution < 1.29 is 0 Å². The molecule has 0 bridgehead atoms. The zero-order chi connectivity index (χ0) is 13.9. The van der Waals surface area contributed by atoms with Crippen LogP contribution in [0, 0.1) is 0 Å². The third-order valence-corrected chi connectivity index (χ3v) is 3.38. The number of para-hydroxylation sites is 1. The Kier molecular flexibility index (Phi) is 3.40. The minimum atomic E-state index is 0.715. The molecule has 2 aromatic carbocycles. The van der Waals surface area contributed by atoms with Crippen LogP contribution in [0.15, 0.2) is 54.6 Å². The largest absolute Gasteiger partial charge is 0.399 e. The van der Waals surface area contributed by atoms with Gasteiger partial charge in [0, 0.05) is 11.1 Å². The summed E-state index contributed by atoms with van der Waals surface area (Å²) in [5, 5.41) is 1.69. The first kappa shape index (κ1) is 12.7. The van der Waals surface area contributed by atoms with Crippen LogP contribution in [0.2, 0.25) is 5.02 Å². The molecule has 3 heteroatoms. The molecule has 0 radical (unpaired) electrons. The van der Waals surface area contributed by atoms with Gasteiger partial charge in [-0.1, -0.05) is 48.0 Å². The van der Waals surface area contributed by atoms with Gasteiger partial charge in [0.05, 0.1) is 16.2 Å².